The molecule has 0 saturated carbocycles. The van der Waals surface area contributed by atoms with E-state index in [9.17, 15) is 4.79 Å². The summed E-state index contributed by atoms with van der Waals surface area (Å²) < 4.78 is 6.89. The zero-order valence-electron chi connectivity index (χ0n) is 13.9. The molecule has 1 aliphatic rings. The van der Waals surface area contributed by atoms with Crippen LogP contribution in [0, 0.1) is 0 Å². The van der Waals surface area contributed by atoms with Crippen molar-refractivity contribution in [3.8, 4) is 5.69 Å². The van der Waals surface area contributed by atoms with Gasteiger partial charge < -0.3 is 10.1 Å². The number of nitrogens with zero attached hydrogens (tertiary/aromatic N) is 3. The number of carbonyl (C=O) groups excluding carboxylic acids is 1. The molecule has 7 heteroatoms. The van der Waals surface area contributed by atoms with Gasteiger partial charge >= 0.3 is 0 Å². The SMILES string of the molecule is COCc1nc(C(=O)Nc2c3c(nn2-c2ccccc2)CCC3)cs1. The third-order valence-corrected chi connectivity index (χ3v) is 5.01. The lowest BCUT2D eigenvalue weighted by molar-refractivity contribution is 0.102. The van der Waals surface area contributed by atoms with Gasteiger partial charge in [-0.3, -0.25) is 4.79 Å². The van der Waals surface area contributed by atoms with E-state index < -0.39 is 0 Å². The summed E-state index contributed by atoms with van der Waals surface area (Å²) in [6.45, 7) is 0.412. The van der Waals surface area contributed by atoms with Crippen molar-refractivity contribution in [2.24, 2.45) is 0 Å². The molecule has 1 amide bonds. The van der Waals surface area contributed by atoms with E-state index in [1.165, 1.54) is 11.3 Å². The van der Waals surface area contributed by atoms with Crippen molar-refractivity contribution < 1.29 is 9.53 Å². The Kier molecular flexibility index (Phi) is 4.33. The molecule has 1 N–H and O–H groups in total. The Hall–Kier alpha value is -2.51. The first kappa shape index (κ1) is 16.0. The second-order valence-corrected chi connectivity index (χ2v) is 6.83. The predicted molar refractivity (Wildman–Crippen MR) is 96.4 cm³/mol. The maximum Gasteiger partial charge on any atom is 0.276 e. The summed E-state index contributed by atoms with van der Waals surface area (Å²) in [7, 11) is 1.61. The van der Waals surface area contributed by atoms with Crippen molar-refractivity contribution in [1.82, 2.24) is 14.8 Å². The van der Waals surface area contributed by atoms with Gasteiger partial charge in [0.2, 0.25) is 0 Å². The van der Waals surface area contributed by atoms with Crippen LogP contribution in [0.4, 0.5) is 5.82 Å². The number of hydrogen-bond donors (Lipinski definition) is 1. The molecule has 0 unspecified atom stereocenters. The molecule has 0 fully saturated rings. The fourth-order valence-electron chi connectivity index (χ4n) is 3.05. The summed E-state index contributed by atoms with van der Waals surface area (Å²) in [5, 5.41) is 10.3. The second-order valence-electron chi connectivity index (χ2n) is 5.89. The van der Waals surface area contributed by atoms with Crippen molar-refractivity contribution in [1.29, 1.82) is 0 Å². The highest BCUT2D eigenvalue weighted by molar-refractivity contribution is 7.09. The number of methoxy groups -OCH3 is 1. The standard InChI is InChI=1S/C18H18N4O2S/c1-24-10-16-19-15(11-25-16)18(23)20-17-13-8-5-9-14(13)21-22(17)12-6-3-2-4-7-12/h2-4,6-7,11H,5,8-10H2,1H3,(H,20,23). The fraction of sp³-hybridized carbons (Fsp3) is 0.278. The monoisotopic (exact) mass is 354 g/mol. The molecule has 0 spiro atoms. The third-order valence-electron chi connectivity index (χ3n) is 4.19. The normalized spacial score (nSPS) is 13.0. The molecule has 1 aromatic carbocycles. The quantitative estimate of drug-likeness (QED) is 0.764. The highest BCUT2D eigenvalue weighted by Crippen LogP contribution is 2.31. The van der Waals surface area contributed by atoms with Crippen molar-refractivity contribution in [2.75, 3.05) is 12.4 Å². The Morgan fingerprint density at radius 2 is 2.16 bits per heavy atom. The number of fused-ring (bicyclic) bond motifs is 1. The van der Waals surface area contributed by atoms with Gasteiger partial charge in [-0.15, -0.1) is 11.3 Å². The molecule has 1 aliphatic carbocycles. The molecule has 2 aromatic heterocycles. The van der Waals surface area contributed by atoms with Crippen LogP contribution in [0.25, 0.3) is 5.69 Å². The number of aromatic nitrogens is 3. The van der Waals surface area contributed by atoms with Crippen LogP contribution >= 0.6 is 11.3 Å². The average molecular weight is 354 g/mol. The summed E-state index contributed by atoms with van der Waals surface area (Å²) in [5.74, 6) is 0.537. The van der Waals surface area contributed by atoms with Gasteiger partial charge in [-0.25, -0.2) is 9.67 Å². The molecule has 3 aromatic rings. The third kappa shape index (κ3) is 3.08. The lowest BCUT2D eigenvalue weighted by atomic mass is 10.2. The molecular weight excluding hydrogens is 336 g/mol. The summed E-state index contributed by atoms with van der Waals surface area (Å²) in [6, 6.07) is 9.86. The first-order valence-corrected chi connectivity index (χ1v) is 9.05. The number of carbonyl (C=O) groups is 1. The number of anilines is 1. The molecule has 0 atom stereocenters. The van der Waals surface area contributed by atoms with Crippen LogP contribution in [0.3, 0.4) is 0 Å². The maximum absolute atomic E-state index is 12.7. The molecule has 0 bridgehead atoms. The van der Waals surface area contributed by atoms with Gasteiger partial charge in [-0.1, -0.05) is 18.2 Å². The lowest BCUT2D eigenvalue weighted by Crippen LogP contribution is -2.16. The Morgan fingerprint density at radius 3 is 2.96 bits per heavy atom. The van der Waals surface area contributed by atoms with Gasteiger partial charge in [0.25, 0.3) is 5.91 Å². The molecule has 0 saturated heterocycles. The summed E-state index contributed by atoms with van der Waals surface area (Å²) in [4.78, 5) is 17.0. The molecule has 0 aliphatic heterocycles. The van der Waals surface area contributed by atoms with E-state index >= 15 is 0 Å². The lowest BCUT2D eigenvalue weighted by Gasteiger charge is -2.10. The fourth-order valence-corrected chi connectivity index (χ4v) is 3.80. The van der Waals surface area contributed by atoms with Crippen LogP contribution in [0.15, 0.2) is 35.7 Å². The van der Waals surface area contributed by atoms with Gasteiger partial charge in [0.15, 0.2) is 0 Å². The zero-order chi connectivity index (χ0) is 17.2. The number of aryl methyl sites for hydroxylation is 1. The molecule has 2 heterocycles. The zero-order valence-corrected chi connectivity index (χ0v) is 14.7. The van der Waals surface area contributed by atoms with Crippen LogP contribution < -0.4 is 5.32 Å². The summed E-state index contributed by atoms with van der Waals surface area (Å²) in [6.07, 6.45) is 2.96. The molecule has 6 nitrogen and oxygen atoms in total. The molecular formula is C18H18N4O2S. The minimum absolute atomic E-state index is 0.217. The first-order valence-electron chi connectivity index (χ1n) is 8.17. The smallest absolute Gasteiger partial charge is 0.276 e. The van der Waals surface area contributed by atoms with E-state index in [-0.39, 0.29) is 5.91 Å². The molecule has 4 rings (SSSR count). The van der Waals surface area contributed by atoms with Crippen LogP contribution in [0.2, 0.25) is 0 Å². The minimum Gasteiger partial charge on any atom is -0.378 e. The van der Waals surface area contributed by atoms with E-state index in [0.29, 0.717) is 12.3 Å². The number of benzene rings is 1. The van der Waals surface area contributed by atoms with Crippen molar-refractivity contribution in [2.45, 2.75) is 25.9 Å². The van der Waals surface area contributed by atoms with Gasteiger partial charge in [0.1, 0.15) is 16.5 Å². The minimum atomic E-state index is -0.217. The Labute approximate surface area is 149 Å². The summed E-state index contributed by atoms with van der Waals surface area (Å²) in [5.41, 5.74) is 3.54. The number of hydrogen-bond acceptors (Lipinski definition) is 5. The first-order chi connectivity index (χ1) is 12.3. The Balaban J connectivity index is 1.66. The van der Waals surface area contributed by atoms with Gasteiger partial charge in [-0.05, 0) is 31.4 Å². The van der Waals surface area contributed by atoms with E-state index in [0.717, 1.165) is 47.0 Å². The average Bonchev–Trinajstić information content (AvgIpc) is 3.33. The van der Waals surface area contributed by atoms with Crippen LogP contribution in [0.5, 0.6) is 0 Å². The predicted octanol–water partition coefficient (Wildman–Crippen LogP) is 3.22. The van der Waals surface area contributed by atoms with E-state index in [4.69, 9.17) is 9.84 Å². The van der Waals surface area contributed by atoms with Gasteiger partial charge in [-0.2, -0.15) is 5.10 Å². The van der Waals surface area contributed by atoms with Crippen molar-refractivity contribution >= 4 is 23.1 Å². The Bertz CT molecular complexity index is 901. The van der Waals surface area contributed by atoms with E-state index in [1.807, 2.05) is 35.0 Å². The van der Waals surface area contributed by atoms with Crippen molar-refractivity contribution in [3.05, 3.63) is 57.7 Å². The number of rotatable bonds is 5. The largest absolute Gasteiger partial charge is 0.378 e. The van der Waals surface area contributed by atoms with Crippen LogP contribution in [-0.2, 0) is 24.2 Å². The second kappa shape index (κ2) is 6.78. The van der Waals surface area contributed by atoms with E-state index in [1.54, 1.807) is 12.5 Å². The Morgan fingerprint density at radius 1 is 1.32 bits per heavy atom. The number of thiazole rings is 1. The number of amides is 1. The maximum atomic E-state index is 12.7. The van der Waals surface area contributed by atoms with Crippen LogP contribution in [-0.4, -0.2) is 27.8 Å². The van der Waals surface area contributed by atoms with Gasteiger partial charge in [0.05, 0.1) is 18.0 Å². The van der Waals surface area contributed by atoms with E-state index in [2.05, 4.69) is 10.3 Å². The van der Waals surface area contributed by atoms with Crippen LogP contribution in [0.1, 0.15) is 33.2 Å². The van der Waals surface area contributed by atoms with Crippen molar-refractivity contribution in [3.63, 3.8) is 0 Å². The molecule has 25 heavy (non-hydrogen) atoms. The number of nitrogens with one attached hydrogen (secondary N) is 1. The molecule has 0 radical (unpaired) electrons. The summed E-state index contributed by atoms with van der Waals surface area (Å²) >= 11 is 1.42. The number of para-hydroxylation sites is 1. The molecule has 128 valence electrons. The van der Waals surface area contributed by atoms with Gasteiger partial charge in [0, 0.05) is 18.1 Å². The highest BCUT2D eigenvalue weighted by atomic mass is 32.1. The highest BCUT2D eigenvalue weighted by Gasteiger charge is 2.25. The number of ether oxygens (including phenoxy) is 1. The topological polar surface area (TPSA) is 69.0 Å².